The lowest BCUT2D eigenvalue weighted by Gasteiger charge is -2.14. The van der Waals surface area contributed by atoms with Crippen molar-refractivity contribution in [3.05, 3.63) is 12.3 Å². The average molecular weight is 172 g/mol. The zero-order valence-corrected chi connectivity index (χ0v) is 7.52. The van der Waals surface area contributed by atoms with Crippen LogP contribution in [0.2, 0.25) is 0 Å². The van der Waals surface area contributed by atoms with Gasteiger partial charge in [-0.1, -0.05) is 6.08 Å². The minimum Gasteiger partial charge on any atom is -0.335 e. The Hall–Kier alpha value is -0.640. The van der Waals surface area contributed by atoms with E-state index < -0.39 is 0 Å². The van der Waals surface area contributed by atoms with Gasteiger partial charge in [0.25, 0.3) is 0 Å². The second kappa shape index (κ2) is 3.67. The first-order valence-electron chi connectivity index (χ1n) is 3.59. The van der Waals surface area contributed by atoms with Crippen LogP contribution in [0.5, 0.6) is 0 Å². The zero-order chi connectivity index (χ0) is 8.27. The third-order valence-corrected chi connectivity index (χ3v) is 2.07. The number of amides is 2. The Labute approximate surface area is 71.0 Å². The maximum absolute atomic E-state index is 11.2. The van der Waals surface area contributed by atoms with Crippen LogP contribution in [0.25, 0.3) is 0 Å². The topological polar surface area (TPSA) is 32.3 Å². The lowest BCUT2D eigenvalue weighted by Crippen LogP contribution is -2.36. The van der Waals surface area contributed by atoms with Crippen LogP contribution in [-0.4, -0.2) is 22.1 Å². The highest BCUT2D eigenvalue weighted by molar-refractivity contribution is 7.98. The molecule has 0 aromatic heterocycles. The molecule has 0 unspecified atom stereocenters. The number of carbonyl (C=O) groups is 1. The van der Waals surface area contributed by atoms with E-state index in [2.05, 4.69) is 5.32 Å². The van der Waals surface area contributed by atoms with Crippen molar-refractivity contribution < 1.29 is 4.79 Å². The minimum absolute atomic E-state index is 0.0289. The van der Waals surface area contributed by atoms with Gasteiger partial charge in [0.1, 0.15) is 0 Å². The molecule has 11 heavy (non-hydrogen) atoms. The molecule has 0 aromatic rings. The second-order valence-electron chi connectivity index (χ2n) is 2.61. The molecule has 1 heterocycles. The Morgan fingerprint density at radius 3 is 2.91 bits per heavy atom. The molecular formula is C7H12N2OS. The quantitative estimate of drug-likeness (QED) is 0.609. The lowest BCUT2D eigenvalue weighted by molar-refractivity contribution is 0.231. The predicted molar refractivity (Wildman–Crippen MR) is 47.1 cm³/mol. The van der Waals surface area contributed by atoms with Gasteiger partial charge in [-0.05, 0) is 25.8 Å². The van der Waals surface area contributed by atoms with Gasteiger partial charge < -0.3 is 5.32 Å². The smallest absolute Gasteiger partial charge is 0.331 e. The molecular weight excluding hydrogens is 160 g/mol. The van der Waals surface area contributed by atoms with E-state index in [9.17, 15) is 4.79 Å². The van der Waals surface area contributed by atoms with E-state index in [-0.39, 0.29) is 12.1 Å². The number of urea groups is 1. The number of carbonyl (C=O) groups excluding carboxylic acids is 1. The number of nitrogens with one attached hydrogen (secondary N) is 1. The maximum Gasteiger partial charge on any atom is 0.331 e. The van der Waals surface area contributed by atoms with Gasteiger partial charge in [0.05, 0.1) is 0 Å². The van der Waals surface area contributed by atoms with Crippen LogP contribution in [0.1, 0.15) is 13.8 Å². The summed E-state index contributed by atoms with van der Waals surface area (Å²) in [5.74, 6) is 0.894. The van der Waals surface area contributed by atoms with Crippen LogP contribution in [0, 0.1) is 0 Å². The SMILES string of the molecule is CC(C)NC(=O)N1C=CCS1. The fraction of sp³-hybridized carbons (Fsp3) is 0.571. The van der Waals surface area contributed by atoms with Crippen LogP contribution in [-0.2, 0) is 0 Å². The molecule has 0 bridgehead atoms. The van der Waals surface area contributed by atoms with Gasteiger partial charge in [-0.3, -0.25) is 0 Å². The van der Waals surface area contributed by atoms with Gasteiger partial charge in [-0.2, -0.15) is 0 Å². The predicted octanol–water partition coefficient (Wildman–Crippen LogP) is 1.58. The zero-order valence-electron chi connectivity index (χ0n) is 6.70. The first-order valence-corrected chi connectivity index (χ1v) is 4.53. The van der Waals surface area contributed by atoms with E-state index in [0.717, 1.165) is 5.75 Å². The summed E-state index contributed by atoms with van der Waals surface area (Å²) in [5.41, 5.74) is 0. The fourth-order valence-electron chi connectivity index (χ4n) is 0.742. The first kappa shape index (κ1) is 8.46. The molecule has 2 amide bonds. The van der Waals surface area contributed by atoms with Crippen LogP contribution >= 0.6 is 11.9 Å². The molecule has 0 saturated carbocycles. The largest absolute Gasteiger partial charge is 0.335 e. The summed E-state index contributed by atoms with van der Waals surface area (Å²) in [7, 11) is 0. The van der Waals surface area contributed by atoms with E-state index in [1.54, 1.807) is 10.5 Å². The molecule has 4 heteroatoms. The van der Waals surface area contributed by atoms with Crippen LogP contribution in [0.15, 0.2) is 12.3 Å². The van der Waals surface area contributed by atoms with E-state index in [1.165, 1.54) is 11.9 Å². The molecule has 3 nitrogen and oxygen atoms in total. The number of hydrogen-bond donors (Lipinski definition) is 1. The van der Waals surface area contributed by atoms with E-state index in [1.807, 2.05) is 19.9 Å². The van der Waals surface area contributed by atoms with Crippen LogP contribution in [0.3, 0.4) is 0 Å². The molecule has 0 atom stereocenters. The van der Waals surface area contributed by atoms with Crippen LogP contribution in [0.4, 0.5) is 4.79 Å². The van der Waals surface area contributed by atoms with Crippen molar-refractivity contribution in [1.29, 1.82) is 0 Å². The summed E-state index contributed by atoms with van der Waals surface area (Å²) >= 11 is 1.50. The highest BCUT2D eigenvalue weighted by Crippen LogP contribution is 2.17. The Morgan fingerprint density at radius 1 is 1.73 bits per heavy atom. The highest BCUT2D eigenvalue weighted by Gasteiger charge is 2.14. The molecule has 0 aromatic carbocycles. The summed E-state index contributed by atoms with van der Waals surface area (Å²) in [6, 6.07) is 0.177. The molecule has 62 valence electrons. The van der Waals surface area contributed by atoms with Crippen LogP contribution < -0.4 is 5.32 Å². The third-order valence-electron chi connectivity index (χ3n) is 1.16. The number of rotatable bonds is 1. The minimum atomic E-state index is -0.0289. The molecule has 0 spiro atoms. The van der Waals surface area contributed by atoms with Gasteiger partial charge in [0, 0.05) is 18.0 Å². The standard InChI is InChI=1S/C7H12N2OS/c1-6(2)8-7(10)9-4-3-5-11-9/h3-4,6H,5H2,1-2H3,(H,8,10). The molecule has 0 saturated heterocycles. The summed E-state index contributed by atoms with van der Waals surface area (Å²) in [4.78, 5) is 11.2. The molecule has 1 N–H and O–H groups in total. The molecule has 1 aliphatic rings. The maximum atomic E-state index is 11.2. The Morgan fingerprint density at radius 2 is 2.45 bits per heavy atom. The van der Waals surface area contributed by atoms with Crippen molar-refractivity contribution >= 4 is 18.0 Å². The summed E-state index contributed by atoms with van der Waals surface area (Å²) < 4.78 is 1.61. The third kappa shape index (κ3) is 2.46. The van der Waals surface area contributed by atoms with Gasteiger partial charge in [0.2, 0.25) is 0 Å². The van der Waals surface area contributed by atoms with Crippen molar-refractivity contribution in [3.8, 4) is 0 Å². The van der Waals surface area contributed by atoms with Crippen molar-refractivity contribution in [2.75, 3.05) is 5.75 Å². The number of hydrogen-bond acceptors (Lipinski definition) is 2. The first-order chi connectivity index (χ1) is 5.20. The molecule has 1 aliphatic heterocycles. The van der Waals surface area contributed by atoms with Crippen molar-refractivity contribution in [3.63, 3.8) is 0 Å². The fourth-order valence-corrected chi connectivity index (χ4v) is 1.42. The van der Waals surface area contributed by atoms with Gasteiger partial charge in [0.15, 0.2) is 0 Å². The van der Waals surface area contributed by atoms with Gasteiger partial charge in [-0.25, -0.2) is 9.10 Å². The average Bonchev–Trinajstić information content (AvgIpc) is 2.35. The van der Waals surface area contributed by atoms with Crippen molar-refractivity contribution in [1.82, 2.24) is 9.62 Å². The molecule has 1 rings (SSSR count). The molecule has 0 aliphatic carbocycles. The van der Waals surface area contributed by atoms with E-state index in [0.29, 0.717) is 0 Å². The normalized spacial score (nSPS) is 16.1. The van der Waals surface area contributed by atoms with Crippen molar-refractivity contribution in [2.24, 2.45) is 0 Å². The Bertz CT molecular complexity index is 179. The number of nitrogens with zero attached hydrogens (tertiary/aromatic N) is 1. The summed E-state index contributed by atoms with van der Waals surface area (Å²) in [6.07, 6.45) is 3.76. The highest BCUT2D eigenvalue weighted by atomic mass is 32.2. The second-order valence-corrected chi connectivity index (χ2v) is 3.60. The van der Waals surface area contributed by atoms with E-state index in [4.69, 9.17) is 0 Å². The Balaban J connectivity index is 2.35. The van der Waals surface area contributed by atoms with E-state index >= 15 is 0 Å². The molecule has 0 fully saturated rings. The monoisotopic (exact) mass is 172 g/mol. The molecule has 0 radical (unpaired) electrons. The summed E-state index contributed by atoms with van der Waals surface area (Å²) in [5, 5.41) is 2.80. The van der Waals surface area contributed by atoms with Gasteiger partial charge in [-0.15, -0.1) is 0 Å². The van der Waals surface area contributed by atoms with Crippen molar-refractivity contribution in [2.45, 2.75) is 19.9 Å². The summed E-state index contributed by atoms with van der Waals surface area (Å²) in [6.45, 7) is 3.89. The Kier molecular flexibility index (Phi) is 2.82. The lowest BCUT2D eigenvalue weighted by atomic mass is 10.4. The van der Waals surface area contributed by atoms with Gasteiger partial charge >= 0.3 is 6.03 Å².